The van der Waals surface area contributed by atoms with Crippen LogP contribution in [0.25, 0.3) is 0 Å². The third-order valence-electron chi connectivity index (χ3n) is 4.39. The molecule has 0 aromatic heterocycles. The van der Waals surface area contributed by atoms with Crippen LogP contribution in [0.3, 0.4) is 0 Å². The van der Waals surface area contributed by atoms with Crippen LogP contribution in [0.1, 0.15) is 71.6 Å². The number of unbranched alkanes of at least 4 members (excludes halogenated alkanes) is 4. The Balaban J connectivity index is 2.44. The number of hydrogen-bond acceptors (Lipinski definition) is 5. The van der Waals surface area contributed by atoms with E-state index in [9.17, 15) is 14.4 Å². The lowest BCUT2D eigenvalue weighted by Gasteiger charge is -2.37. The molecule has 1 aliphatic heterocycles. The molecule has 24 heavy (non-hydrogen) atoms. The van der Waals surface area contributed by atoms with Gasteiger partial charge in [-0.05, 0) is 12.8 Å². The van der Waals surface area contributed by atoms with Crippen molar-refractivity contribution in [1.29, 1.82) is 0 Å². The molecule has 6 nitrogen and oxygen atoms in total. The van der Waals surface area contributed by atoms with Crippen molar-refractivity contribution in [2.75, 3.05) is 6.54 Å². The summed E-state index contributed by atoms with van der Waals surface area (Å²) in [6, 6.07) is 0. The normalized spacial score (nSPS) is 20.7. The molecule has 1 fully saturated rings. The lowest BCUT2D eigenvalue weighted by Crippen LogP contribution is -2.47. The van der Waals surface area contributed by atoms with Crippen molar-refractivity contribution in [1.82, 2.24) is 5.32 Å². The molecule has 1 rings (SSSR count). The lowest BCUT2D eigenvalue weighted by molar-refractivity contribution is -0.190. The van der Waals surface area contributed by atoms with Crippen molar-refractivity contribution in [3.63, 3.8) is 0 Å². The molecule has 1 saturated heterocycles. The van der Waals surface area contributed by atoms with Gasteiger partial charge in [-0.1, -0.05) is 52.4 Å². The van der Waals surface area contributed by atoms with Gasteiger partial charge >= 0.3 is 11.9 Å². The van der Waals surface area contributed by atoms with Gasteiger partial charge in [-0.25, -0.2) is 0 Å². The molecule has 0 aromatic carbocycles. The summed E-state index contributed by atoms with van der Waals surface area (Å²) in [5.74, 6) is -0.633. The van der Waals surface area contributed by atoms with Crippen molar-refractivity contribution in [3.05, 3.63) is 0 Å². The van der Waals surface area contributed by atoms with E-state index in [0.29, 0.717) is 12.8 Å². The summed E-state index contributed by atoms with van der Waals surface area (Å²) < 4.78 is 10.7. The van der Waals surface area contributed by atoms with Gasteiger partial charge in [0.25, 0.3) is 0 Å². The van der Waals surface area contributed by atoms with E-state index in [1.165, 1.54) is 12.8 Å². The van der Waals surface area contributed by atoms with Gasteiger partial charge in [0, 0.05) is 6.42 Å². The van der Waals surface area contributed by atoms with Gasteiger partial charge in [-0.15, -0.1) is 0 Å². The molecule has 0 aliphatic carbocycles. The van der Waals surface area contributed by atoms with Crippen LogP contribution in [0.2, 0.25) is 0 Å². The van der Waals surface area contributed by atoms with Crippen LogP contribution in [0.5, 0.6) is 0 Å². The Bertz CT molecular complexity index is 399. The molecule has 138 valence electrons. The highest BCUT2D eigenvalue weighted by molar-refractivity contribution is 5.78. The van der Waals surface area contributed by atoms with Gasteiger partial charge in [0.05, 0.1) is 5.92 Å². The second-order valence-corrected chi connectivity index (χ2v) is 6.42. The van der Waals surface area contributed by atoms with E-state index in [0.717, 1.165) is 38.5 Å². The molecular weight excluding hydrogens is 310 g/mol. The molecule has 1 N–H and O–H groups in total. The molecule has 0 aromatic rings. The largest absolute Gasteiger partial charge is 0.461 e. The zero-order valence-electron chi connectivity index (χ0n) is 14.9. The van der Waals surface area contributed by atoms with E-state index >= 15 is 0 Å². The maximum atomic E-state index is 11.7. The van der Waals surface area contributed by atoms with E-state index in [1.807, 2.05) is 0 Å². The Kier molecular flexibility index (Phi) is 10.1. The van der Waals surface area contributed by atoms with Crippen LogP contribution in [0.4, 0.5) is 0 Å². The van der Waals surface area contributed by atoms with E-state index in [-0.39, 0.29) is 30.6 Å². The fourth-order valence-corrected chi connectivity index (χ4v) is 2.97. The maximum absolute atomic E-state index is 11.7. The topological polar surface area (TPSA) is 81.7 Å². The van der Waals surface area contributed by atoms with Gasteiger partial charge < -0.3 is 14.8 Å². The molecule has 6 heteroatoms. The third-order valence-corrected chi connectivity index (χ3v) is 4.39. The zero-order chi connectivity index (χ0) is 17.8. The second kappa shape index (κ2) is 11.9. The molecule has 0 unspecified atom stereocenters. The molecular formula is C18H31NO5. The SMILES string of the molecule is CCCCCC[C@@H]1C(=O)O[C@H]1C[C@@H](CCCC)OC(=O)CNC=O. The monoisotopic (exact) mass is 341 g/mol. The van der Waals surface area contributed by atoms with Crippen LogP contribution >= 0.6 is 0 Å². The van der Waals surface area contributed by atoms with Gasteiger partial charge in [0.2, 0.25) is 6.41 Å². The van der Waals surface area contributed by atoms with E-state index in [1.54, 1.807) is 0 Å². The summed E-state index contributed by atoms with van der Waals surface area (Å²) in [5, 5.41) is 2.31. The number of amides is 1. The predicted molar refractivity (Wildman–Crippen MR) is 90.2 cm³/mol. The van der Waals surface area contributed by atoms with Crippen molar-refractivity contribution in [3.8, 4) is 0 Å². The smallest absolute Gasteiger partial charge is 0.325 e. The molecule has 0 bridgehead atoms. The number of rotatable bonds is 14. The van der Waals surface area contributed by atoms with Gasteiger partial charge in [-0.2, -0.15) is 0 Å². The van der Waals surface area contributed by atoms with Crippen molar-refractivity contribution in [2.45, 2.75) is 83.8 Å². The highest BCUT2D eigenvalue weighted by Gasteiger charge is 2.43. The Hall–Kier alpha value is -1.59. The minimum absolute atomic E-state index is 0.0576. The minimum Gasteiger partial charge on any atom is -0.461 e. The zero-order valence-corrected chi connectivity index (χ0v) is 14.9. The van der Waals surface area contributed by atoms with Gasteiger partial charge in [0.1, 0.15) is 18.8 Å². The Labute approximate surface area is 144 Å². The van der Waals surface area contributed by atoms with E-state index in [2.05, 4.69) is 19.2 Å². The molecule has 3 atom stereocenters. The lowest BCUT2D eigenvalue weighted by atomic mass is 9.86. The summed E-state index contributed by atoms with van der Waals surface area (Å²) in [4.78, 5) is 33.6. The highest BCUT2D eigenvalue weighted by Crippen LogP contribution is 2.32. The number of cyclic esters (lactones) is 1. The predicted octanol–water partition coefficient (Wildman–Crippen LogP) is 2.74. The first-order valence-electron chi connectivity index (χ1n) is 9.19. The van der Waals surface area contributed by atoms with E-state index < -0.39 is 5.97 Å². The third kappa shape index (κ3) is 7.32. The number of hydrogen-bond donors (Lipinski definition) is 1. The minimum atomic E-state index is -0.451. The highest BCUT2D eigenvalue weighted by atomic mass is 16.6. The summed E-state index contributed by atoms with van der Waals surface area (Å²) in [7, 11) is 0. The van der Waals surface area contributed by atoms with Gasteiger partial charge in [-0.3, -0.25) is 14.4 Å². The molecule has 1 heterocycles. The first-order valence-corrected chi connectivity index (χ1v) is 9.19. The number of nitrogens with one attached hydrogen (secondary N) is 1. The number of esters is 2. The fourth-order valence-electron chi connectivity index (χ4n) is 2.97. The van der Waals surface area contributed by atoms with Gasteiger partial charge in [0.15, 0.2) is 0 Å². The quantitative estimate of drug-likeness (QED) is 0.298. The summed E-state index contributed by atoms with van der Waals surface area (Å²) in [6.45, 7) is 4.11. The van der Waals surface area contributed by atoms with Crippen LogP contribution in [-0.2, 0) is 23.9 Å². The summed E-state index contributed by atoms with van der Waals surface area (Å²) in [5.41, 5.74) is 0. The molecule has 1 aliphatic rings. The molecule has 0 saturated carbocycles. The molecule has 1 amide bonds. The fraction of sp³-hybridized carbons (Fsp3) is 0.833. The van der Waals surface area contributed by atoms with Crippen LogP contribution < -0.4 is 5.32 Å². The van der Waals surface area contributed by atoms with Crippen LogP contribution in [-0.4, -0.2) is 37.1 Å². The number of carbonyl (C=O) groups excluding carboxylic acids is 3. The van der Waals surface area contributed by atoms with Crippen molar-refractivity contribution in [2.24, 2.45) is 5.92 Å². The second-order valence-electron chi connectivity index (χ2n) is 6.42. The standard InChI is InChI=1S/C18H31NO5/c1-3-5-7-8-10-15-16(24-18(15)22)11-14(9-6-4-2)23-17(21)12-19-13-20/h13-16H,3-12H2,1-2H3,(H,19,20)/t14-,15+,16+/m1/s1. The maximum Gasteiger partial charge on any atom is 0.325 e. The average molecular weight is 341 g/mol. The van der Waals surface area contributed by atoms with Crippen LogP contribution in [0, 0.1) is 5.92 Å². The average Bonchev–Trinajstić information content (AvgIpc) is 2.57. The Morgan fingerprint density at radius 2 is 2.00 bits per heavy atom. The summed E-state index contributed by atoms with van der Waals surface area (Å²) >= 11 is 0. The van der Waals surface area contributed by atoms with E-state index in [4.69, 9.17) is 9.47 Å². The molecule has 0 radical (unpaired) electrons. The summed E-state index contributed by atoms with van der Waals surface area (Å²) in [6.07, 6.45) is 8.70. The van der Waals surface area contributed by atoms with Crippen molar-refractivity contribution < 1.29 is 23.9 Å². The Morgan fingerprint density at radius 1 is 1.25 bits per heavy atom. The number of carbonyl (C=O) groups is 3. The first-order chi connectivity index (χ1) is 11.6. The van der Waals surface area contributed by atoms with Crippen molar-refractivity contribution >= 4 is 18.3 Å². The molecule has 0 spiro atoms. The first kappa shape index (κ1) is 20.5. The number of ether oxygens (including phenoxy) is 2. The van der Waals surface area contributed by atoms with Crippen LogP contribution in [0.15, 0.2) is 0 Å². The Morgan fingerprint density at radius 3 is 2.62 bits per heavy atom.